The first-order valence-corrected chi connectivity index (χ1v) is 7.46. The van der Waals surface area contributed by atoms with Gasteiger partial charge in [-0.1, -0.05) is 19.3 Å². The van der Waals surface area contributed by atoms with Crippen molar-refractivity contribution in [2.45, 2.75) is 38.5 Å². The van der Waals surface area contributed by atoms with Crippen LogP contribution in [0.1, 0.15) is 44.1 Å². The number of nitrogens with zero attached hydrogens (tertiary/aromatic N) is 1. The monoisotopic (exact) mass is 292 g/mol. The van der Waals surface area contributed by atoms with E-state index in [-0.39, 0.29) is 12.3 Å². The van der Waals surface area contributed by atoms with Crippen molar-refractivity contribution in [3.05, 3.63) is 17.0 Å². The van der Waals surface area contributed by atoms with Crippen molar-refractivity contribution < 1.29 is 14.7 Å². The number of anilines is 1. The quantitative estimate of drug-likeness (QED) is 0.892. The van der Waals surface area contributed by atoms with Gasteiger partial charge in [0.25, 0.3) is 0 Å². The Kier molecular flexibility index (Phi) is 4.40. The van der Waals surface area contributed by atoms with Crippen molar-refractivity contribution in [1.82, 2.24) is 0 Å². The number of carbonyl (C=O) groups is 2. The average Bonchev–Trinajstić information content (AvgIpc) is 2.86. The minimum atomic E-state index is -0.938. The molecule has 0 saturated heterocycles. The molecule has 1 heterocycles. The molecule has 0 radical (unpaired) electrons. The second-order valence-electron chi connectivity index (χ2n) is 5.15. The van der Waals surface area contributed by atoms with Crippen LogP contribution in [-0.2, 0) is 9.59 Å². The summed E-state index contributed by atoms with van der Waals surface area (Å²) in [6, 6.07) is 3.63. The predicted octanol–water partition coefficient (Wildman–Crippen LogP) is 2.98. The zero-order valence-electron chi connectivity index (χ0n) is 11.0. The van der Waals surface area contributed by atoms with E-state index in [1.54, 1.807) is 11.4 Å². The molecule has 2 rings (SSSR count). The molecule has 5 nitrogen and oxygen atoms in total. The van der Waals surface area contributed by atoms with Gasteiger partial charge < -0.3 is 10.4 Å². The summed E-state index contributed by atoms with van der Waals surface area (Å²) in [6.07, 6.45) is 3.80. The number of hydrogen-bond donors (Lipinski definition) is 2. The minimum Gasteiger partial charge on any atom is -0.481 e. The van der Waals surface area contributed by atoms with Gasteiger partial charge in [0.1, 0.15) is 11.1 Å². The lowest BCUT2D eigenvalue weighted by molar-refractivity contribution is -0.153. The maximum atomic E-state index is 12.1. The molecule has 0 aromatic carbocycles. The van der Waals surface area contributed by atoms with Crippen LogP contribution in [0, 0.1) is 16.7 Å². The normalized spacial score (nSPS) is 17.1. The number of nitrogens with one attached hydrogen (secondary N) is 1. The van der Waals surface area contributed by atoms with Gasteiger partial charge in [-0.25, -0.2) is 0 Å². The van der Waals surface area contributed by atoms with Crippen molar-refractivity contribution in [1.29, 1.82) is 5.26 Å². The zero-order valence-corrected chi connectivity index (χ0v) is 11.8. The number of carboxylic acids is 1. The molecular weight excluding hydrogens is 276 g/mol. The van der Waals surface area contributed by atoms with Crippen LogP contribution < -0.4 is 5.32 Å². The standard InChI is InChI=1S/C14H16N2O3S/c15-9-10-4-7-20-12(10)16-11(17)8-14(13(18)19)5-2-1-3-6-14/h4,7H,1-3,5-6,8H2,(H,16,17)(H,18,19). The van der Waals surface area contributed by atoms with Gasteiger partial charge in [-0.05, 0) is 24.3 Å². The molecule has 1 aromatic heterocycles. The highest BCUT2D eigenvalue weighted by atomic mass is 32.1. The SMILES string of the molecule is N#Cc1ccsc1NC(=O)CC1(C(=O)O)CCCCC1. The lowest BCUT2D eigenvalue weighted by Crippen LogP contribution is -2.37. The molecule has 1 aromatic rings. The molecule has 0 spiro atoms. The molecular formula is C14H16N2O3S. The molecule has 6 heteroatoms. The number of amides is 1. The predicted molar refractivity (Wildman–Crippen MR) is 75.4 cm³/mol. The Hall–Kier alpha value is -1.87. The third kappa shape index (κ3) is 2.99. The molecule has 0 unspecified atom stereocenters. The maximum absolute atomic E-state index is 12.1. The fourth-order valence-corrected chi connectivity index (χ4v) is 3.42. The highest BCUT2D eigenvalue weighted by Gasteiger charge is 2.41. The van der Waals surface area contributed by atoms with Gasteiger partial charge in [0.05, 0.1) is 11.0 Å². The average molecular weight is 292 g/mol. The fraction of sp³-hybridized carbons (Fsp3) is 0.500. The van der Waals surface area contributed by atoms with Gasteiger partial charge in [0.2, 0.25) is 5.91 Å². The van der Waals surface area contributed by atoms with E-state index < -0.39 is 11.4 Å². The van der Waals surface area contributed by atoms with Gasteiger partial charge in [0.15, 0.2) is 0 Å². The molecule has 2 N–H and O–H groups in total. The molecule has 1 saturated carbocycles. The topological polar surface area (TPSA) is 90.2 Å². The second-order valence-corrected chi connectivity index (χ2v) is 6.06. The van der Waals surface area contributed by atoms with Crippen LogP contribution in [0.4, 0.5) is 5.00 Å². The van der Waals surface area contributed by atoms with Gasteiger partial charge in [-0.15, -0.1) is 11.3 Å². The first kappa shape index (κ1) is 14.5. The van der Waals surface area contributed by atoms with E-state index >= 15 is 0 Å². The van der Waals surface area contributed by atoms with E-state index in [2.05, 4.69) is 5.32 Å². The van der Waals surface area contributed by atoms with E-state index in [1.165, 1.54) is 11.3 Å². The van der Waals surface area contributed by atoms with Crippen LogP contribution in [0.25, 0.3) is 0 Å². The lowest BCUT2D eigenvalue weighted by atomic mass is 9.71. The lowest BCUT2D eigenvalue weighted by Gasteiger charge is -2.32. The van der Waals surface area contributed by atoms with Crippen molar-refractivity contribution in [2.75, 3.05) is 5.32 Å². The summed E-state index contributed by atoms with van der Waals surface area (Å²) >= 11 is 1.27. The Balaban J connectivity index is 2.06. The summed E-state index contributed by atoms with van der Waals surface area (Å²) in [5, 5.41) is 23.2. The molecule has 0 aliphatic heterocycles. The smallest absolute Gasteiger partial charge is 0.310 e. The second kappa shape index (κ2) is 6.06. The van der Waals surface area contributed by atoms with E-state index in [1.807, 2.05) is 6.07 Å². The first-order chi connectivity index (χ1) is 9.57. The summed E-state index contributed by atoms with van der Waals surface area (Å²) in [7, 11) is 0. The highest BCUT2D eigenvalue weighted by molar-refractivity contribution is 7.14. The van der Waals surface area contributed by atoms with Gasteiger partial charge in [0, 0.05) is 6.42 Å². The Morgan fingerprint density at radius 1 is 1.40 bits per heavy atom. The van der Waals surface area contributed by atoms with Gasteiger partial charge >= 0.3 is 5.97 Å². The summed E-state index contributed by atoms with van der Waals surface area (Å²) in [5.41, 5.74) is -0.525. The number of aliphatic carboxylic acids is 1. The Bertz CT molecular complexity index is 553. The molecule has 20 heavy (non-hydrogen) atoms. The molecule has 1 amide bonds. The van der Waals surface area contributed by atoms with Crippen LogP contribution in [-0.4, -0.2) is 17.0 Å². The first-order valence-electron chi connectivity index (χ1n) is 6.58. The Morgan fingerprint density at radius 2 is 2.10 bits per heavy atom. The van der Waals surface area contributed by atoms with E-state index in [4.69, 9.17) is 5.26 Å². The third-order valence-corrected chi connectivity index (χ3v) is 4.63. The number of thiophene rings is 1. The Labute approximate surface area is 121 Å². The molecule has 0 atom stereocenters. The minimum absolute atomic E-state index is 0.0227. The van der Waals surface area contributed by atoms with Crippen LogP contribution in [0.3, 0.4) is 0 Å². The van der Waals surface area contributed by atoms with Crippen LogP contribution in [0.2, 0.25) is 0 Å². The van der Waals surface area contributed by atoms with Crippen LogP contribution >= 0.6 is 11.3 Å². The summed E-state index contributed by atoms with van der Waals surface area (Å²) in [6.45, 7) is 0. The van der Waals surface area contributed by atoms with Crippen molar-refractivity contribution in [3.8, 4) is 6.07 Å². The van der Waals surface area contributed by atoms with Crippen LogP contribution in [0.15, 0.2) is 11.4 Å². The number of rotatable bonds is 4. The van der Waals surface area contributed by atoms with Crippen molar-refractivity contribution >= 4 is 28.2 Å². The maximum Gasteiger partial charge on any atom is 0.310 e. The third-order valence-electron chi connectivity index (χ3n) is 3.80. The summed E-state index contributed by atoms with van der Waals surface area (Å²) in [4.78, 5) is 23.6. The van der Waals surface area contributed by atoms with Crippen molar-refractivity contribution in [3.63, 3.8) is 0 Å². The summed E-state index contributed by atoms with van der Waals surface area (Å²) < 4.78 is 0. The number of hydrogen-bond acceptors (Lipinski definition) is 4. The zero-order chi connectivity index (χ0) is 14.6. The number of carbonyl (C=O) groups excluding carboxylic acids is 1. The molecule has 1 fully saturated rings. The highest BCUT2D eigenvalue weighted by Crippen LogP contribution is 2.40. The molecule has 106 valence electrons. The number of nitriles is 1. The van der Waals surface area contributed by atoms with E-state index in [0.29, 0.717) is 23.4 Å². The largest absolute Gasteiger partial charge is 0.481 e. The fourth-order valence-electron chi connectivity index (χ4n) is 2.67. The van der Waals surface area contributed by atoms with Gasteiger partial charge in [-0.3, -0.25) is 9.59 Å². The molecule has 0 bridgehead atoms. The molecule has 1 aliphatic carbocycles. The van der Waals surface area contributed by atoms with E-state index in [0.717, 1.165) is 19.3 Å². The van der Waals surface area contributed by atoms with E-state index in [9.17, 15) is 14.7 Å². The Morgan fingerprint density at radius 3 is 2.70 bits per heavy atom. The van der Waals surface area contributed by atoms with Gasteiger partial charge in [-0.2, -0.15) is 5.26 Å². The molecule has 1 aliphatic rings. The van der Waals surface area contributed by atoms with Crippen molar-refractivity contribution in [2.24, 2.45) is 5.41 Å². The van der Waals surface area contributed by atoms with Crippen LogP contribution in [0.5, 0.6) is 0 Å². The summed E-state index contributed by atoms with van der Waals surface area (Å²) in [5.74, 6) is -1.22. The number of carboxylic acid groups (broad SMARTS) is 1.